The van der Waals surface area contributed by atoms with Gasteiger partial charge in [-0.2, -0.15) is 0 Å². The topological polar surface area (TPSA) is 26.0 Å². The number of rotatable bonds is 0. The highest BCUT2D eigenvalue weighted by Crippen LogP contribution is 2.24. The average molecular weight is 209 g/mol. The van der Waals surface area contributed by atoms with Crippen LogP contribution in [0.25, 0.3) is 0 Å². The molecule has 1 aromatic carbocycles. The standard InChI is InChI=1S/C7H5F4N.C2H6/c1-2-3(8)4(9)5(10)6(11)7(2)12;1-2/h12H2,1H3;1-2H3. The van der Waals surface area contributed by atoms with Crippen molar-refractivity contribution in [3.8, 4) is 0 Å². The summed E-state index contributed by atoms with van der Waals surface area (Å²) in [4.78, 5) is 0. The molecule has 0 atom stereocenters. The fourth-order valence-electron chi connectivity index (χ4n) is 0.758. The van der Waals surface area contributed by atoms with Crippen LogP contribution in [0.3, 0.4) is 0 Å². The van der Waals surface area contributed by atoms with Crippen LogP contribution in [0, 0.1) is 30.2 Å². The van der Waals surface area contributed by atoms with Gasteiger partial charge in [0.15, 0.2) is 23.3 Å². The van der Waals surface area contributed by atoms with Crippen molar-refractivity contribution in [3.05, 3.63) is 28.8 Å². The third kappa shape index (κ3) is 1.97. The predicted octanol–water partition coefficient (Wildman–Crippen LogP) is 3.16. The number of hydrogen-bond acceptors (Lipinski definition) is 1. The summed E-state index contributed by atoms with van der Waals surface area (Å²) in [7, 11) is 0. The Kier molecular flexibility index (Phi) is 4.40. The molecule has 14 heavy (non-hydrogen) atoms. The quantitative estimate of drug-likeness (QED) is 0.302. The molecule has 0 radical (unpaired) electrons. The van der Waals surface area contributed by atoms with Crippen LogP contribution in [0.1, 0.15) is 19.4 Å². The van der Waals surface area contributed by atoms with Gasteiger partial charge >= 0.3 is 0 Å². The molecule has 1 rings (SSSR count). The first-order chi connectivity index (χ1) is 6.46. The van der Waals surface area contributed by atoms with Crippen molar-refractivity contribution in [2.24, 2.45) is 0 Å². The van der Waals surface area contributed by atoms with E-state index in [1.165, 1.54) is 0 Å². The maximum atomic E-state index is 12.6. The number of anilines is 1. The fraction of sp³-hybridized carbons (Fsp3) is 0.333. The minimum absolute atomic E-state index is 0.425. The van der Waals surface area contributed by atoms with Crippen LogP contribution in [0.2, 0.25) is 0 Å². The van der Waals surface area contributed by atoms with Crippen molar-refractivity contribution in [1.29, 1.82) is 0 Å². The Morgan fingerprint density at radius 3 is 1.57 bits per heavy atom. The molecule has 80 valence electrons. The highest BCUT2D eigenvalue weighted by molar-refractivity contribution is 5.48. The lowest BCUT2D eigenvalue weighted by Gasteiger charge is -2.04. The van der Waals surface area contributed by atoms with Crippen LogP contribution in [0.4, 0.5) is 23.2 Å². The van der Waals surface area contributed by atoms with Crippen molar-refractivity contribution in [2.75, 3.05) is 5.73 Å². The summed E-state index contributed by atoms with van der Waals surface area (Å²) in [6.07, 6.45) is 0. The minimum atomic E-state index is -1.88. The van der Waals surface area contributed by atoms with Gasteiger partial charge < -0.3 is 5.73 Å². The molecule has 0 saturated carbocycles. The van der Waals surface area contributed by atoms with Crippen LogP contribution in [0.5, 0.6) is 0 Å². The first kappa shape index (κ1) is 12.7. The summed E-state index contributed by atoms with van der Waals surface area (Å²) in [5, 5.41) is 0. The van der Waals surface area contributed by atoms with Gasteiger partial charge in [0.1, 0.15) is 0 Å². The first-order valence-corrected chi connectivity index (χ1v) is 4.04. The third-order valence-electron chi connectivity index (χ3n) is 1.55. The molecule has 0 aliphatic rings. The van der Waals surface area contributed by atoms with Crippen molar-refractivity contribution >= 4 is 5.69 Å². The van der Waals surface area contributed by atoms with E-state index in [0.717, 1.165) is 6.92 Å². The predicted molar refractivity (Wildman–Crippen MR) is 46.8 cm³/mol. The van der Waals surface area contributed by atoms with Crippen molar-refractivity contribution < 1.29 is 17.6 Å². The molecular formula is C9H11F4N. The molecule has 0 bridgehead atoms. The molecule has 0 heterocycles. The summed E-state index contributed by atoms with van der Waals surface area (Å²) in [5.41, 5.74) is 3.80. The van der Waals surface area contributed by atoms with Gasteiger partial charge in [0.2, 0.25) is 0 Å². The molecule has 0 amide bonds. The Morgan fingerprint density at radius 2 is 1.14 bits per heavy atom. The van der Waals surface area contributed by atoms with Crippen LogP contribution in [0.15, 0.2) is 0 Å². The molecule has 0 aliphatic carbocycles. The van der Waals surface area contributed by atoms with E-state index in [1.54, 1.807) is 0 Å². The molecule has 1 nitrogen and oxygen atoms in total. The van der Waals surface area contributed by atoms with Crippen molar-refractivity contribution in [1.82, 2.24) is 0 Å². The van der Waals surface area contributed by atoms with Gasteiger partial charge in [-0.1, -0.05) is 13.8 Å². The Bertz CT molecular complexity index is 231. The Hall–Kier alpha value is -1.26. The number of nitrogen functional groups attached to an aromatic ring is 1. The molecular weight excluding hydrogens is 198 g/mol. The van der Waals surface area contributed by atoms with E-state index >= 15 is 0 Å². The highest BCUT2D eigenvalue weighted by Gasteiger charge is 2.20. The number of halogens is 4. The van der Waals surface area contributed by atoms with Crippen LogP contribution in [-0.2, 0) is 0 Å². The Balaban J connectivity index is 0.000000791. The molecule has 0 aliphatic heterocycles. The summed E-state index contributed by atoms with van der Waals surface area (Å²) in [5.74, 6) is -6.72. The largest absolute Gasteiger partial charge is 0.396 e. The molecule has 2 N–H and O–H groups in total. The number of nitrogens with two attached hydrogens (primary N) is 1. The van der Waals surface area contributed by atoms with E-state index in [-0.39, 0.29) is 0 Å². The molecule has 0 saturated heterocycles. The summed E-state index contributed by atoms with van der Waals surface area (Å²) >= 11 is 0. The number of hydrogen-bond donors (Lipinski definition) is 1. The van der Waals surface area contributed by atoms with Gasteiger partial charge in [-0.3, -0.25) is 0 Å². The highest BCUT2D eigenvalue weighted by atomic mass is 19.2. The van der Waals surface area contributed by atoms with Gasteiger partial charge in [-0.05, 0) is 6.92 Å². The Labute approximate surface area is 79.5 Å². The zero-order valence-corrected chi connectivity index (χ0v) is 8.09. The van der Waals surface area contributed by atoms with E-state index in [0.29, 0.717) is 0 Å². The lowest BCUT2D eigenvalue weighted by molar-refractivity contribution is 0.408. The van der Waals surface area contributed by atoms with Gasteiger partial charge in [0.25, 0.3) is 0 Å². The van der Waals surface area contributed by atoms with Crippen LogP contribution >= 0.6 is 0 Å². The minimum Gasteiger partial charge on any atom is -0.396 e. The smallest absolute Gasteiger partial charge is 0.199 e. The Morgan fingerprint density at radius 1 is 0.786 bits per heavy atom. The van der Waals surface area contributed by atoms with Crippen molar-refractivity contribution in [3.63, 3.8) is 0 Å². The van der Waals surface area contributed by atoms with E-state index < -0.39 is 34.5 Å². The lowest BCUT2D eigenvalue weighted by atomic mass is 10.1. The first-order valence-electron chi connectivity index (χ1n) is 4.04. The van der Waals surface area contributed by atoms with E-state index in [1.807, 2.05) is 13.8 Å². The number of benzene rings is 1. The second-order valence-electron chi connectivity index (χ2n) is 2.29. The second-order valence-corrected chi connectivity index (χ2v) is 2.29. The molecule has 0 fully saturated rings. The van der Waals surface area contributed by atoms with Gasteiger partial charge in [-0.15, -0.1) is 0 Å². The van der Waals surface area contributed by atoms with Crippen LogP contribution < -0.4 is 5.73 Å². The normalized spacial score (nSPS) is 9.36. The van der Waals surface area contributed by atoms with E-state index in [4.69, 9.17) is 5.73 Å². The fourth-order valence-corrected chi connectivity index (χ4v) is 0.758. The van der Waals surface area contributed by atoms with Crippen LogP contribution in [-0.4, -0.2) is 0 Å². The SMILES string of the molecule is CC.Cc1c(N)c(F)c(F)c(F)c1F. The zero-order valence-electron chi connectivity index (χ0n) is 8.09. The maximum Gasteiger partial charge on any atom is 0.199 e. The molecule has 0 spiro atoms. The summed E-state index contributed by atoms with van der Waals surface area (Å²) in [6.45, 7) is 5.07. The monoisotopic (exact) mass is 209 g/mol. The molecule has 1 aromatic rings. The van der Waals surface area contributed by atoms with Gasteiger partial charge in [0, 0.05) is 5.56 Å². The van der Waals surface area contributed by atoms with Crippen molar-refractivity contribution in [2.45, 2.75) is 20.8 Å². The lowest BCUT2D eigenvalue weighted by Crippen LogP contribution is -2.05. The summed E-state index contributed by atoms with van der Waals surface area (Å²) < 4.78 is 49.8. The molecule has 0 unspecified atom stereocenters. The average Bonchev–Trinajstić information content (AvgIpc) is 2.24. The molecule has 5 heteroatoms. The zero-order chi connectivity index (χ0) is 11.5. The maximum absolute atomic E-state index is 12.6. The van der Waals surface area contributed by atoms with Gasteiger partial charge in [0.05, 0.1) is 5.69 Å². The third-order valence-corrected chi connectivity index (χ3v) is 1.55. The summed E-state index contributed by atoms with van der Waals surface area (Å²) in [6, 6.07) is 0. The van der Waals surface area contributed by atoms with E-state index in [2.05, 4.69) is 0 Å². The molecule has 0 aromatic heterocycles. The second kappa shape index (κ2) is 4.83. The van der Waals surface area contributed by atoms with E-state index in [9.17, 15) is 17.6 Å². The van der Waals surface area contributed by atoms with Gasteiger partial charge in [-0.25, -0.2) is 17.6 Å².